The molecule has 2 bridgehead atoms. The van der Waals surface area contributed by atoms with Gasteiger partial charge in [0.2, 0.25) is 0 Å². The molecule has 3 saturated carbocycles. The highest BCUT2D eigenvalue weighted by Gasteiger charge is 2.56. The minimum Gasteiger partial charge on any atom is -0.300 e. The molecule has 0 aromatic rings. The lowest BCUT2D eigenvalue weighted by Gasteiger charge is -2.44. The van der Waals surface area contributed by atoms with Crippen molar-refractivity contribution in [3.63, 3.8) is 0 Å². The van der Waals surface area contributed by atoms with Crippen LogP contribution in [0.5, 0.6) is 0 Å². The summed E-state index contributed by atoms with van der Waals surface area (Å²) >= 11 is 0. The van der Waals surface area contributed by atoms with E-state index in [1.54, 1.807) is 0 Å². The Morgan fingerprint density at radius 1 is 1.27 bits per heavy atom. The molecule has 2 unspecified atom stereocenters. The van der Waals surface area contributed by atoms with E-state index in [0.29, 0.717) is 11.2 Å². The average molecular weight is 150 g/mol. The molecule has 0 heterocycles. The van der Waals surface area contributed by atoms with Gasteiger partial charge in [0.05, 0.1) is 0 Å². The molecule has 0 N–H and O–H groups in total. The Morgan fingerprint density at radius 2 is 2.09 bits per heavy atom. The van der Waals surface area contributed by atoms with Gasteiger partial charge in [-0.3, -0.25) is 4.79 Å². The third-order valence-corrected chi connectivity index (χ3v) is 4.20. The maximum atomic E-state index is 10.9. The van der Waals surface area contributed by atoms with E-state index in [2.05, 4.69) is 0 Å². The number of fused-ring (bicyclic) bond motifs is 3. The van der Waals surface area contributed by atoms with Crippen LogP contribution in [0.3, 0.4) is 0 Å². The monoisotopic (exact) mass is 150 g/mol. The van der Waals surface area contributed by atoms with E-state index in [1.807, 2.05) is 0 Å². The predicted octanol–water partition coefficient (Wildman–Crippen LogP) is 2.16. The molecule has 0 aliphatic heterocycles. The van der Waals surface area contributed by atoms with Gasteiger partial charge in [-0.2, -0.15) is 0 Å². The lowest BCUT2D eigenvalue weighted by Crippen LogP contribution is -2.41. The number of carbonyl (C=O) groups excluding carboxylic acids is 1. The highest BCUT2D eigenvalue weighted by molar-refractivity contribution is 5.86. The SMILES string of the molecule is O=C1CC2(C1)CC1CCC2C1. The Morgan fingerprint density at radius 3 is 2.55 bits per heavy atom. The van der Waals surface area contributed by atoms with Crippen LogP contribution in [0.15, 0.2) is 0 Å². The first-order valence-corrected chi connectivity index (χ1v) is 4.80. The lowest BCUT2D eigenvalue weighted by atomic mass is 9.59. The lowest BCUT2D eigenvalue weighted by molar-refractivity contribution is -0.135. The highest BCUT2D eigenvalue weighted by Crippen LogP contribution is 2.63. The maximum absolute atomic E-state index is 10.9. The summed E-state index contributed by atoms with van der Waals surface area (Å²) in [5.41, 5.74) is 0.556. The molecule has 0 aromatic carbocycles. The van der Waals surface area contributed by atoms with Crippen LogP contribution in [-0.2, 0) is 4.79 Å². The van der Waals surface area contributed by atoms with Gasteiger partial charge in [0.25, 0.3) is 0 Å². The summed E-state index contributed by atoms with van der Waals surface area (Å²) in [7, 11) is 0. The number of Topliss-reactive ketones (excluding diaryl/α,β-unsaturated/α-hetero) is 1. The number of ketones is 1. The zero-order chi connectivity index (χ0) is 7.47. The molecular formula is C10H14O. The van der Waals surface area contributed by atoms with Crippen molar-refractivity contribution in [3.05, 3.63) is 0 Å². The van der Waals surface area contributed by atoms with Crippen LogP contribution in [0.4, 0.5) is 0 Å². The van der Waals surface area contributed by atoms with Crippen LogP contribution in [0.1, 0.15) is 38.5 Å². The van der Waals surface area contributed by atoms with Crippen molar-refractivity contribution in [2.45, 2.75) is 38.5 Å². The van der Waals surface area contributed by atoms with E-state index in [0.717, 1.165) is 24.7 Å². The minimum absolute atomic E-state index is 0.526. The third kappa shape index (κ3) is 0.646. The van der Waals surface area contributed by atoms with Gasteiger partial charge in [0.15, 0.2) is 0 Å². The van der Waals surface area contributed by atoms with Gasteiger partial charge in [-0.25, -0.2) is 0 Å². The van der Waals surface area contributed by atoms with Crippen molar-refractivity contribution in [3.8, 4) is 0 Å². The van der Waals surface area contributed by atoms with Gasteiger partial charge in [-0.15, -0.1) is 0 Å². The summed E-state index contributed by atoms with van der Waals surface area (Å²) in [6, 6.07) is 0. The fourth-order valence-electron chi connectivity index (χ4n) is 3.72. The molecule has 60 valence electrons. The molecule has 0 aromatic heterocycles. The van der Waals surface area contributed by atoms with E-state index in [4.69, 9.17) is 0 Å². The van der Waals surface area contributed by atoms with Gasteiger partial charge in [0, 0.05) is 12.8 Å². The molecule has 1 spiro atoms. The molecular weight excluding hydrogens is 136 g/mol. The third-order valence-electron chi connectivity index (χ3n) is 4.20. The smallest absolute Gasteiger partial charge is 0.134 e. The minimum atomic E-state index is 0.526. The van der Waals surface area contributed by atoms with Crippen molar-refractivity contribution in [1.82, 2.24) is 0 Å². The zero-order valence-electron chi connectivity index (χ0n) is 6.81. The van der Waals surface area contributed by atoms with Crippen LogP contribution in [-0.4, -0.2) is 5.78 Å². The molecule has 1 nitrogen and oxygen atoms in total. The van der Waals surface area contributed by atoms with Crippen LogP contribution < -0.4 is 0 Å². The summed E-state index contributed by atoms with van der Waals surface area (Å²) in [4.78, 5) is 10.9. The van der Waals surface area contributed by atoms with Gasteiger partial charge in [-0.05, 0) is 36.5 Å². The molecule has 3 aliphatic rings. The normalized spacial score (nSPS) is 44.9. The zero-order valence-corrected chi connectivity index (χ0v) is 6.81. The molecule has 3 rings (SSSR count). The van der Waals surface area contributed by atoms with Gasteiger partial charge < -0.3 is 0 Å². The summed E-state index contributed by atoms with van der Waals surface area (Å²) in [6.45, 7) is 0. The Kier molecular flexibility index (Phi) is 0.961. The Labute approximate surface area is 67.2 Å². The first kappa shape index (κ1) is 6.22. The van der Waals surface area contributed by atoms with Crippen LogP contribution in [0.2, 0.25) is 0 Å². The van der Waals surface area contributed by atoms with E-state index >= 15 is 0 Å². The second kappa shape index (κ2) is 1.70. The van der Waals surface area contributed by atoms with Crippen molar-refractivity contribution < 1.29 is 4.79 Å². The van der Waals surface area contributed by atoms with Crippen molar-refractivity contribution in [2.75, 3.05) is 0 Å². The second-order valence-corrected chi connectivity index (χ2v) is 4.83. The quantitative estimate of drug-likeness (QED) is 0.517. The summed E-state index contributed by atoms with van der Waals surface area (Å²) in [5.74, 6) is 2.48. The molecule has 11 heavy (non-hydrogen) atoms. The van der Waals surface area contributed by atoms with Gasteiger partial charge in [0.1, 0.15) is 5.78 Å². The Balaban J connectivity index is 1.86. The van der Waals surface area contributed by atoms with Crippen LogP contribution in [0.25, 0.3) is 0 Å². The second-order valence-electron chi connectivity index (χ2n) is 4.83. The molecule has 0 saturated heterocycles. The van der Waals surface area contributed by atoms with Crippen LogP contribution in [0, 0.1) is 17.3 Å². The molecule has 0 radical (unpaired) electrons. The number of rotatable bonds is 0. The predicted molar refractivity (Wildman–Crippen MR) is 42.1 cm³/mol. The fourth-order valence-corrected chi connectivity index (χ4v) is 3.72. The van der Waals surface area contributed by atoms with E-state index in [-0.39, 0.29) is 0 Å². The van der Waals surface area contributed by atoms with Gasteiger partial charge in [-0.1, -0.05) is 6.42 Å². The molecule has 3 fully saturated rings. The van der Waals surface area contributed by atoms with Crippen molar-refractivity contribution in [2.24, 2.45) is 17.3 Å². The molecule has 1 heteroatoms. The number of hydrogen-bond acceptors (Lipinski definition) is 1. The highest BCUT2D eigenvalue weighted by atomic mass is 16.1. The largest absolute Gasteiger partial charge is 0.300 e. The molecule has 0 amide bonds. The summed E-state index contributed by atoms with van der Waals surface area (Å²) in [6.07, 6.45) is 7.61. The standard InChI is InChI=1S/C10H14O/c11-9-5-10(6-9)4-7-1-2-8(10)3-7/h7-8H,1-6H2. The van der Waals surface area contributed by atoms with Crippen molar-refractivity contribution in [1.29, 1.82) is 0 Å². The van der Waals surface area contributed by atoms with E-state index in [1.165, 1.54) is 25.7 Å². The van der Waals surface area contributed by atoms with Gasteiger partial charge >= 0.3 is 0 Å². The topological polar surface area (TPSA) is 17.1 Å². The summed E-state index contributed by atoms with van der Waals surface area (Å²) < 4.78 is 0. The fraction of sp³-hybridized carbons (Fsp3) is 0.900. The first-order valence-electron chi connectivity index (χ1n) is 4.80. The molecule has 3 aliphatic carbocycles. The maximum Gasteiger partial charge on any atom is 0.134 e. The number of carbonyl (C=O) groups is 1. The number of hydrogen-bond donors (Lipinski definition) is 0. The Hall–Kier alpha value is -0.330. The Bertz CT molecular complexity index is 211. The average Bonchev–Trinajstić information content (AvgIpc) is 2.43. The first-order chi connectivity index (χ1) is 5.28. The van der Waals surface area contributed by atoms with E-state index < -0.39 is 0 Å². The van der Waals surface area contributed by atoms with Crippen LogP contribution >= 0.6 is 0 Å². The van der Waals surface area contributed by atoms with Crippen molar-refractivity contribution >= 4 is 5.78 Å². The summed E-state index contributed by atoms with van der Waals surface area (Å²) in [5, 5.41) is 0. The molecule has 2 atom stereocenters. The van der Waals surface area contributed by atoms with E-state index in [9.17, 15) is 4.79 Å².